The molecule has 2 aromatic carbocycles. The van der Waals surface area contributed by atoms with Crippen molar-refractivity contribution in [2.75, 3.05) is 11.8 Å². The molecule has 0 aliphatic carbocycles. The number of aryl methyl sites for hydroxylation is 1. The van der Waals surface area contributed by atoms with E-state index in [1.807, 2.05) is 0 Å². The third-order valence-electron chi connectivity index (χ3n) is 3.41. The van der Waals surface area contributed by atoms with Crippen molar-refractivity contribution >= 4 is 15.7 Å². The maximum absolute atomic E-state index is 12.4. The van der Waals surface area contributed by atoms with Gasteiger partial charge < -0.3 is 9.15 Å². The first-order valence-corrected chi connectivity index (χ1v) is 8.66. The zero-order valence-corrected chi connectivity index (χ0v) is 14.0. The molecule has 3 rings (SSSR count). The summed E-state index contributed by atoms with van der Waals surface area (Å²) < 4.78 is 37.9. The average Bonchev–Trinajstić information content (AvgIpc) is 3.02. The largest absolute Gasteiger partial charge is 0.497 e. The molecule has 0 aliphatic heterocycles. The van der Waals surface area contributed by atoms with Crippen LogP contribution in [0, 0.1) is 6.92 Å². The Morgan fingerprint density at radius 2 is 1.71 bits per heavy atom. The zero-order chi connectivity index (χ0) is 17.2. The van der Waals surface area contributed by atoms with Gasteiger partial charge in [0.1, 0.15) is 5.75 Å². The smallest absolute Gasteiger partial charge is 0.261 e. The van der Waals surface area contributed by atoms with Crippen LogP contribution in [0.2, 0.25) is 0 Å². The number of rotatable bonds is 5. The van der Waals surface area contributed by atoms with Gasteiger partial charge >= 0.3 is 0 Å². The highest BCUT2D eigenvalue weighted by Gasteiger charge is 2.15. The summed E-state index contributed by atoms with van der Waals surface area (Å²) >= 11 is 0. The second kappa shape index (κ2) is 6.37. The number of aromatic nitrogens is 1. The van der Waals surface area contributed by atoms with E-state index in [1.165, 1.54) is 12.1 Å². The number of ether oxygens (including phenoxy) is 1. The lowest BCUT2D eigenvalue weighted by Gasteiger charge is -2.09. The molecular formula is C17H16N2O4S. The third kappa shape index (κ3) is 3.41. The van der Waals surface area contributed by atoms with Crippen molar-refractivity contribution in [3.05, 3.63) is 60.6 Å². The fourth-order valence-corrected chi connectivity index (χ4v) is 3.22. The molecular weight excluding hydrogens is 328 g/mol. The van der Waals surface area contributed by atoms with E-state index in [1.54, 1.807) is 56.6 Å². The number of anilines is 1. The molecule has 0 spiro atoms. The summed E-state index contributed by atoms with van der Waals surface area (Å²) in [5.41, 5.74) is 1.23. The van der Waals surface area contributed by atoms with Crippen LogP contribution >= 0.6 is 0 Å². The van der Waals surface area contributed by atoms with Crippen LogP contribution < -0.4 is 9.46 Å². The van der Waals surface area contributed by atoms with E-state index in [0.29, 0.717) is 23.1 Å². The number of hydrogen-bond donors (Lipinski definition) is 1. The minimum atomic E-state index is -3.66. The van der Waals surface area contributed by atoms with Crippen LogP contribution in [0.4, 0.5) is 5.69 Å². The van der Waals surface area contributed by atoms with Gasteiger partial charge in [0.25, 0.3) is 10.0 Å². The van der Waals surface area contributed by atoms with Crippen molar-refractivity contribution in [1.29, 1.82) is 0 Å². The van der Waals surface area contributed by atoms with E-state index in [0.717, 1.165) is 5.56 Å². The molecule has 0 amide bonds. The van der Waals surface area contributed by atoms with Gasteiger partial charge in [-0.1, -0.05) is 0 Å². The molecule has 0 atom stereocenters. The van der Waals surface area contributed by atoms with Crippen molar-refractivity contribution < 1.29 is 17.6 Å². The van der Waals surface area contributed by atoms with Crippen molar-refractivity contribution in [3.63, 3.8) is 0 Å². The van der Waals surface area contributed by atoms with Gasteiger partial charge in [0.2, 0.25) is 0 Å². The number of nitrogens with zero attached hydrogens (tertiary/aromatic N) is 1. The average molecular weight is 344 g/mol. The van der Waals surface area contributed by atoms with Gasteiger partial charge in [-0.3, -0.25) is 4.72 Å². The number of nitrogens with one attached hydrogen (secondary N) is 1. The molecule has 1 heterocycles. The molecule has 0 aliphatic rings. The summed E-state index contributed by atoms with van der Waals surface area (Å²) in [6.45, 7) is 1.75. The first-order chi connectivity index (χ1) is 11.5. The number of oxazole rings is 1. The predicted molar refractivity (Wildman–Crippen MR) is 90.5 cm³/mol. The quantitative estimate of drug-likeness (QED) is 0.766. The molecule has 0 saturated heterocycles. The summed E-state index contributed by atoms with van der Waals surface area (Å²) in [4.78, 5) is 4.19. The van der Waals surface area contributed by atoms with E-state index < -0.39 is 10.0 Å². The lowest BCUT2D eigenvalue weighted by Crippen LogP contribution is -2.12. The van der Waals surface area contributed by atoms with Crippen LogP contribution in [0.5, 0.6) is 5.75 Å². The van der Waals surface area contributed by atoms with Crippen molar-refractivity contribution in [3.8, 4) is 17.1 Å². The van der Waals surface area contributed by atoms with Gasteiger partial charge in [-0.2, -0.15) is 0 Å². The fraction of sp³-hybridized carbons (Fsp3) is 0.118. The van der Waals surface area contributed by atoms with Gasteiger partial charge in [0.15, 0.2) is 11.7 Å². The Labute approximate surface area is 140 Å². The SMILES string of the molecule is COc1ccc(NS(=O)(=O)c2ccc(-c3cnc(C)o3)cc2)cc1. The van der Waals surface area contributed by atoms with Crippen molar-refractivity contribution in [2.45, 2.75) is 11.8 Å². The van der Waals surface area contributed by atoms with E-state index in [9.17, 15) is 8.42 Å². The maximum Gasteiger partial charge on any atom is 0.261 e. The highest BCUT2D eigenvalue weighted by atomic mass is 32.2. The monoisotopic (exact) mass is 344 g/mol. The minimum Gasteiger partial charge on any atom is -0.497 e. The molecule has 1 aromatic heterocycles. The lowest BCUT2D eigenvalue weighted by molar-refractivity contribution is 0.415. The Hall–Kier alpha value is -2.80. The van der Waals surface area contributed by atoms with Crippen molar-refractivity contribution in [2.24, 2.45) is 0 Å². The molecule has 0 unspecified atom stereocenters. The van der Waals surface area contributed by atoms with Crippen LogP contribution in [-0.2, 0) is 10.0 Å². The summed E-state index contributed by atoms with van der Waals surface area (Å²) in [6.07, 6.45) is 1.61. The molecule has 0 radical (unpaired) electrons. The summed E-state index contributed by atoms with van der Waals surface area (Å²) in [5, 5.41) is 0. The third-order valence-corrected chi connectivity index (χ3v) is 4.81. The minimum absolute atomic E-state index is 0.165. The van der Waals surface area contributed by atoms with Crippen molar-refractivity contribution in [1.82, 2.24) is 4.98 Å². The summed E-state index contributed by atoms with van der Waals surface area (Å²) in [6, 6.07) is 13.1. The van der Waals surface area contributed by atoms with Crippen LogP contribution in [0.1, 0.15) is 5.89 Å². The van der Waals surface area contributed by atoms with Crippen LogP contribution in [0.15, 0.2) is 64.0 Å². The van der Waals surface area contributed by atoms with Gasteiger partial charge in [0, 0.05) is 18.2 Å². The number of hydrogen-bond acceptors (Lipinski definition) is 5. The molecule has 6 nitrogen and oxygen atoms in total. The predicted octanol–water partition coefficient (Wildman–Crippen LogP) is 3.46. The molecule has 0 fully saturated rings. The Balaban J connectivity index is 1.81. The Morgan fingerprint density at radius 3 is 2.25 bits per heavy atom. The number of methoxy groups -OCH3 is 1. The standard InChI is InChI=1S/C17H16N2O4S/c1-12-18-11-17(23-12)13-3-9-16(10-4-13)24(20,21)19-14-5-7-15(22-2)8-6-14/h3-11,19H,1-2H3. The lowest BCUT2D eigenvalue weighted by atomic mass is 10.2. The number of benzene rings is 2. The van der Waals surface area contributed by atoms with Gasteiger partial charge in [-0.15, -0.1) is 0 Å². The Kier molecular flexibility index (Phi) is 4.26. The van der Waals surface area contributed by atoms with Gasteiger partial charge in [-0.25, -0.2) is 13.4 Å². The molecule has 3 aromatic rings. The topological polar surface area (TPSA) is 81.4 Å². The summed E-state index contributed by atoms with van der Waals surface area (Å²) in [7, 11) is -2.11. The number of sulfonamides is 1. The van der Waals surface area contributed by atoms with Gasteiger partial charge in [0.05, 0.1) is 18.2 Å². The van der Waals surface area contributed by atoms with Crippen LogP contribution in [0.25, 0.3) is 11.3 Å². The second-order valence-corrected chi connectivity index (χ2v) is 6.78. The molecule has 0 bridgehead atoms. The molecule has 0 saturated carbocycles. The van der Waals surface area contributed by atoms with Crippen LogP contribution in [0.3, 0.4) is 0 Å². The molecule has 7 heteroatoms. The van der Waals surface area contributed by atoms with E-state index in [-0.39, 0.29) is 4.90 Å². The highest BCUT2D eigenvalue weighted by molar-refractivity contribution is 7.92. The van der Waals surface area contributed by atoms with E-state index in [2.05, 4.69) is 9.71 Å². The second-order valence-electron chi connectivity index (χ2n) is 5.10. The fourth-order valence-electron chi connectivity index (χ4n) is 2.17. The normalized spacial score (nSPS) is 11.2. The first kappa shape index (κ1) is 16.1. The highest BCUT2D eigenvalue weighted by Crippen LogP contribution is 2.24. The summed E-state index contributed by atoms with van der Waals surface area (Å²) in [5.74, 6) is 1.81. The molecule has 24 heavy (non-hydrogen) atoms. The van der Waals surface area contributed by atoms with Gasteiger partial charge in [-0.05, 0) is 48.5 Å². The molecule has 124 valence electrons. The van der Waals surface area contributed by atoms with E-state index in [4.69, 9.17) is 9.15 Å². The maximum atomic E-state index is 12.4. The Bertz CT molecular complexity index is 929. The molecule has 1 N–H and O–H groups in total. The first-order valence-electron chi connectivity index (χ1n) is 7.18. The van der Waals surface area contributed by atoms with Crippen LogP contribution in [-0.4, -0.2) is 20.5 Å². The Morgan fingerprint density at radius 1 is 1.04 bits per heavy atom. The zero-order valence-electron chi connectivity index (χ0n) is 13.2. The van der Waals surface area contributed by atoms with E-state index >= 15 is 0 Å².